The summed E-state index contributed by atoms with van der Waals surface area (Å²) in [6.07, 6.45) is 3.01. The van der Waals surface area contributed by atoms with Crippen molar-refractivity contribution in [2.45, 2.75) is 32.2 Å². The Balaban J connectivity index is 0.00000220. The van der Waals surface area contributed by atoms with E-state index in [0.29, 0.717) is 5.92 Å². The van der Waals surface area contributed by atoms with Gasteiger partial charge >= 0.3 is 0 Å². The number of benzene rings is 1. The summed E-state index contributed by atoms with van der Waals surface area (Å²) in [5.41, 5.74) is 1.27. The maximum atomic E-state index is 11.9. The van der Waals surface area contributed by atoms with E-state index >= 15 is 0 Å². The molecule has 0 saturated carbocycles. The summed E-state index contributed by atoms with van der Waals surface area (Å²) in [4.78, 5) is 11.9. The van der Waals surface area contributed by atoms with Crippen LogP contribution in [0.3, 0.4) is 0 Å². The highest BCUT2D eigenvalue weighted by Crippen LogP contribution is 2.14. The highest BCUT2D eigenvalue weighted by molar-refractivity contribution is 5.85. The van der Waals surface area contributed by atoms with Gasteiger partial charge in [-0.15, -0.1) is 12.4 Å². The Morgan fingerprint density at radius 3 is 2.71 bits per heavy atom. The maximum absolute atomic E-state index is 11.9. The van der Waals surface area contributed by atoms with Gasteiger partial charge in [-0.05, 0) is 49.4 Å². The molecule has 1 aromatic rings. The molecular formula is C16H25ClN2O2. The Bertz CT molecular complexity index is 430. The second-order valence-electron chi connectivity index (χ2n) is 5.55. The molecule has 0 aliphatic carbocycles. The molecule has 1 saturated heterocycles. The fourth-order valence-corrected chi connectivity index (χ4v) is 2.54. The van der Waals surface area contributed by atoms with E-state index < -0.39 is 0 Å². The van der Waals surface area contributed by atoms with Crippen LogP contribution in [-0.2, 0) is 11.2 Å². The lowest BCUT2D eigenvalue weighted by molar-refractivity contribution is -0.122. The standard InChI is InChI=1S/C16H24N2O2.ClH/c1-12(10-13-5-7-14(20-2)8-6-13)11-18-16(19)15-4-3-9-17-15;/h5-8,12,15,17H,3-4,9-11H2,1-2H3,(H,18,19);1H. The first kappa shape index (κ1) is 17.8. The summed E-state index contributed by atoms with van der Waals surface area (Å²) < 4.78 is 5.15. The van der Waals surface area contributed by atoms with Gasteiger partial charge in [-0.1, -0.05) is 19.1 Å². The topological polar surface area (TPSA) is 50.4 Å². The first-order valence-electron chi connectivity index (χ1n) is 7.33. The molecule has 2 unspecified atom stereocenters. The zero-order valence-electron chi connectivity index (χ0n) is 12.7. The van der Waals surface area contributed by atoms with Crippen molar-refractivity contribution in [3.8, 4) is 5.75 Å². The van der Waals surface area contributed by atoms with E-state index in [1.165, 1.54) is 5.56 Å². The molecule has 1 fully saturated rings. The maximum Gasteiger partial charge on any atom is 0.237 e. The third-order valence-corrected chi connectivity index (χ3v) is 3.74. The van der Waals surface area contributed by atoms with E-state index in [1.54, 1.807) is 7.11 Å². The number of nitrogens with one attached hydrogen (secondary N) is 2. The predicted octanol–water partition coefficient (Wildman–Crippen LogP) is 2.16. The van der Waals surface area contributed by atoms with Crippen LogP contribution in [0.2, 0.25) is 0 Å². The van der Waals surface area contributed by atoms with Crippen LogP contribution in [0.4, 0.5) is 0 Å². The lowest BCUT2D eigenvalue weighted by Crippen LogP contribution is -2.42. The molecule has 2 rings (SSSR count). The van der Waals surface area contributed by atoms with E-state index in [4.69, 9.17) is 4.74 Å². The number of carbonyl (C=O) groups is 1. The van der Waals surface area contributed by atoms with Crippen molar-refractivity contribution in [2.75, 3.05) is 20.2 Å². The average Bonchev–Trinajstić information content (AvgIpc) is 3.00. The normalized spacial score (nSPS) is 18.7. The summed E-state index contributed by atoms with van der Waals surface area (Å²) in [5.74, 6) is 1.44. The number of carbonyl (C=O) groups excluding carboxylic acids is 1. The van der Waals surface area contributed by atoms with Gasteiger partial charge in [-0.2, -0.15) is 0 Å². The van der Waals surface area contributed by atoms with Gasteiger partial charge < -0.3 is 15.4 Å². The molecule has 2 atom stereocenters. The van der Waals surface area contributed by atoms with Crippen molar-refractivity contribution in [1.82, 2.24) is 10.6 Å². The smallest absolute Gasteiger partial charge is 0.237 e. The lowest BCUT2D eigenvalue weighted by Gasteiger charge is -2.15. The zero-order chi connectivity index (χ0) is 14.4. The third kappa shape index (κ3) is 5.56. The van der Waals surface area contributed by atoms with E-state index in [0.717, 1.165) is 38.1 Å². The molecular weight excluding hydrogens is 288 g/mol. The van der Waals surface area contributed by atoms with Crippen LogP contribution in [0, 0.1) is 5.92 Å². The van der Waals surface area contributed by atoms with Gasteiger partial charge in [0.1, 0.15) is 5.75 Å². The summed E-state index contributed by atoms with van der Waals surface area (Å²) in [7, 11) is 1.67. The van der Waals surface area contributed by atoms with Crippen molar-refractivity contribution < 1.29 is 9.53 Å². The highest BCUT2D eigenvalue weighted by atomic mass is 35.5. The SMILES string of the molecule is COc1ccc(CC(C)CNC(=O)C2CCCN2)cc1.Cl. The molecule has 0 spiro atoms. The second kappa shape index (κ2) is 8.90. The van der Waals surface area contributed by atoms with E-state index in [9.17, 15) is 4.79 Å². The molecule has 1 aliphatic heterocycles. The minimum Gasteiger partial charge on any atom is -0.497 e. The summed E-state index contributed by atoms with van der Waals surface area (Å²) in [6.45, 7) is 3.84. The Labute approximate surface area is 133 Å². The third-order valence-electron chi connectivity index (χ3n) is 3.74. The minimum absolute atomic E-state index is 0. The van der Waals surface area contributed by atoms with Crippen molar-refractivity contribution in [3.05, 3.63) is 29.8 Å². The van der Waals surface area contributed by atoms with Crippen molar-refractivity contribution in [1.29, 1.82) is 0 Å². The van der Waals surface area contributed by atoms with Crippen LogP contribution in [0.25, 0.3) is 0 Å². The number of ether oxygens (including phenoxy) is 1. The van der Waals surface area contributed by atoms with Gasteiger partial charge in [0.25, 0.3) is 0 Å². The fourth-order valence-electron chi connectivity index (χ4n) is 2.54. The van der Waals surface area contributed by atoms with Gasteiger partial charge in [-0.3, -0.25) is 4.79 Å². The Morgan fingerprint density at radius 2 is 2.14 bits per heavy atom. The molecule has 2 N–H and O–H groups in total. The van der Waals surface area contributed by atoms with Crippen LogP contribution in [0.15, 0.2) is 24.3 Å². The van der Waals surface area contributed by atoms with Gasteiger partial charge in [-0.25, -0.2) is 0 Å². The Hall–Kier alpha value is -1.26. The number of methoxy groups -OCH3 is 1. The molecule has 0 aromatic heterocycles. The molecule has 4 nitrogen and oxygen atoms in total. The average molecular weight is 313 g/mol. The summed E-state index contributed by atoms with van der Waals surface area (Å²) in [5, 5.41) is 6.26. The summed E-state index contributed by atoms with van der Waals surface area (Å²) in [6, 6.07) is 8.13. The van der Waals surface area contributed by atoms with Crippen LogP contribution in [0.1, 0.15) is 25.3 Å². The first-order chi connectivity index (χ1) is 9.69. The zero-order valence-corrected chi connectivity index (χ0v) is 13.5. The number of amides is 1. The molecule has 0 bridgehead atoms. The fraction of sp³-hybridized carbons (Fsp3) is 0.562. The number of halogens is 1. The van der Waals surface area contributed by atoms with E-state index in [-0.39, 0.29) is 24.4 Å². The first-order valence-corrected chi connectivity index (χ1v) is 7.33. The van der Waals surface area contributed by atoms with Crippen LogP contribution < -0.4 is 15.4 Å². The number of hydrogen-bond donors (Lipinski definition) is 2. The van der Waals surface area contributed by atoms with Gasteiger partial charge in [0.05, 0.1) is 13.2 Å². The molecule has 21 heavy (non-hydrogen) atoms. The van der Waals surface area contributed by atoms with Crippen LogP contribution >= 0.6 is 12.4 Å². The molecule has 118 valence electrons. The van der Waals surface area contributed by atoms with E-state index in [1.807, 2.05) is 12.1 Å². The van der Waals surface area contributed by atoms with Crippen molar-refractivity contribution in [3.63, 3.8) is 0 Å². The van der Waals surface area contributed by atoms with Crippen LogP contribution in [-0.4, -0.2) is 32.1 Å². The molecule has 5 heteroatoms. The van der Waals surface area contributed by atoms with Crippen molar-refractivity contribution >= 4 is 18.3 Å². The molecule has 0 radical (unpaired) electrons. The van der Waals surface area contributed by atoms with Gasteiger partial charge in [0, 0.05) is 6.54 Å². The number of rotatable bonds is 6. The highest BCUT2D eigenvalue weighted by Gasteiger charge is 2.21. The molecule has 1 aliphatic rings. The minimum atomic E-state index is 0. The second-order valence-corrected chi connectivity index (χ2v) is 5.55. The van der Waals surface area contributed by atoms with E-state index in [2.05, 4.69) is 29.7 Å². The van der Waals surface area contributed by atoms with Crippen molar-refractivity contribution in [2.24, 2.45) is 5.92 Å². The Kier molecular flexibility index (Phi) is 7.54. The molecule has 1 aromatic carbocycles. The lowest BCUT2D eigenvalue weighted by atomic mass is 10.0. The monoisotopic (exact) mass is 312 g/mol. The van der Waals surface area contributed by atoms with Gasteiger partial charge in [0.2, 0.25) is 5.91 Å². The summed E-state index contributed by atoms with van der Waals surface area (Å²) >= 11 is 0. The number of hydrogen-bond acceptors (Lipinski definition) is 3. The Morgan fingerprint density at radius 1 is 1.43 bits per heavy atom. The largest absolute Gasteiger partial charge is 0.497 e. The predicted molar refractivity (Wildman–Crippen MR) is 87.1 cm³/mol. The quantitative estimate of drug-likeness (QED) is 0.846. The molecule has 1 amide bonds. The molecule has 1 heterocycles. The van der Waals surface area contributed by atoms with Crippen LogP contribution in [0.5, 0.6) is 5.75 Å². The van der Waals surface area contributed by atoms with Gasteiger partial charge in [0.15, 0.2) is 0 Å².